The molecule has 3 rings (SSSR count). The minimum atomic E-state index is -0.892. The van der Waals surface area contributed by atoms with Crippen LogP contribution in [0.15, 0.2) is 48.8 Å². The van der Waals surface area contributed by atoms with Gasteiger partial charge in [-0.2, -0.15) is 5.26 Å². The smallest absolute Gasteiger partial charge is 0.194 e. The molecule has 0 spiro atoms. The van der Waals surface area contributed by atoms with Gasteiger partial charge in [0.25, 0.3) is 0 Å². The van der Waals surface area contributed by atoms with Crippen molar-refractivity contribution in [3.05, 3.63) is 65.0 Å². The van der Waals surface area contributed by atoms with Crippen LogP contribution in [0.1, 0.15) is 21.2 Å². The molecule has 5 heteroatoms. The molecule has 0 fully saturated rings. The van der Waals surface area contributed by atoms with Crippen LogP contribution in [0.3, 0.4) is 0 Å². The van der Waals surface area contributed by atoms with Gasteiger partial charge in [0.2, 0.25) is 0 Å². The van der Waals surface area contributed by atoms with Crippen LogP contribution in [0.4, 0.5) is 4.39 Å². The first-order valence-corrected chi connectivity index (χ1v) is 7.03. The second-order valence-electron chi connectivity index (χ2n) is 4.51. The lowest BCUT2D eigenvalue weighted by molar-refractivity contribution is 0.0982. The summed E-state index contributed by atoms with van der Waals surface area (Å²) in [5.74, 6) is -1.52. The van der Waals surface area contributed by atoms with Crippen molar-refractivity contribution in [3.8, 4) is 6.07 Å². The number of ketones is 1. The fourth-order valence-electron chi connectivity index (χ4n) is 2.10. The Labute approximate surface area is 124 Å². The molecule has 3 nitrogen and oxygen atoms in total. The highest BCUT2D eigenvalue weighted by molar-refractivity contribution is 7.20. The Bertz CT molecular complexity index is 852. The van der Waals surface area contributed by atoms with E-state index < -0.39 is 5.92 Å². The standard InChI is InChI=1S/C16H9FN2OS/c17-12-4-3-10-6-15(21-14(10)7-12)16(20)13(8-18)11-2-1-5-19-9-11/h1-7,9,13H. The number of pyridine rings is 1. The molecule has 0 radical (unpaired) electrons. The van der Waals surface area contributed by atoms with E-state index in [0.717, 1.165) is 5.39 Å². The minimum absolute atomic E-state index is 0.285. The zero-order valence-electron chi connectivity index (χ0n) is 10.8. The average Bonchev–Trinajstić information content (AvgIpc) is 2.92. The van der Waals surface area contributed by atoms with Gasteiger partial charge in [-0.05, 0) is 35.2 Å². The van der Waals surface area contributed by atoms with Crippen molar-refractivity contribution >= 4 is 27.2 Å². The number of benzene rings is 1. The number of carbonyl (C=O) groups excluding carboxylic acids is 1. The maximum Gasteiger partial charge on any atom is 0.194 e. The number of nitriles is 1. The molecule has 2 heterocycles. The lowest BCUT2D eigenvalue weighted by Crippen LogP contribution is -2.09. The maximum absolute atomic E-state index is 13.2. The molecule has 2 aromatic heterocycles. The third-order valence-corrected chi connectivity index (χ3v) is 4.25. The van der Waals surface area contributed by atoms with E-state index in [4.69, 9.17) is 0 Å². The van der Waals surface area contributed by atoms with Crippen LogP contribution < -0.4 is 0 Å². The summed E-state index contributed by atoms with van der Waals surface area (Å²) in [6, 6.07) is 11.5. The Hall–Kier alpha value is -2.58. The Kier molecular flexibility index (Phi) is 3.46. The topological polar surface area (TPSA) is 53.8 Å². The van der Waals surface area contributed by atoms with Gasteiger partial charge >= 0.3 is 0 Å². The SMILES string of the molecule is N#CC(C(=O)c1cc2ccc(F)cc2s1)c1cccnc1. The van der Waals surface area contributed by atoms with Gasteiger partial charge in [-0.3, -0.25) is 9.78 Å². The van der Waals surface area contributed by atoms with E-state index in [-0.39, 0.29) is 11.6 Å². The van der Waals surface area contributed by atoms with Gasteiger partial charge in [-0.25, -0.2) is 4.39 Å². The zero-order valence-corrected chi connectivity index (χ0v) is 11.6. The highest BCUT2D eigenvalue weighted by Gasteiger charge is 2.23. The van der Waals surface area contributed by atoms with Crippen LogP contribution in [0.5, 0.6) is 0 Å². The quantitative estimate of drug-likeness (QED) is 0.688. The van der Waals surface area contributed by atoms with E-state index in [0.29, 0.717) is 15.1 Å². The van der Waals surface area contributed by atoms with E-state index in [9.17, 15) is 14.4 Å². The zero-order chi connectivity index (χ0) is 14.8. The monoisotopic (exact) mass is 296 g/mol. The summed E-state index contributed by atoms with van der Waals surface area (Å²) >= 11 is 1.20. The predicted octanol–water partition coefficient (Wildman–Crippen LogP) is 3.93. The van der Waals surface area contributed by atoms with Crippen LogP contribution in [-0.2, 0) is 0 Å². The number of halogens is 1. The highest BCUT2D eigenvalue weighted by atomic mass is 32.1. The van der Waals surface area contributed by atoms with Crippen molar-refractivity contribution in [1.82, 2.24) is 4.98 Å². The van der Waals surface area contributed by atoms with Gasteiger partial charge in [0.1, 0.15) is 11.7 Å². The first kappa shape index (κ1) is 13.4. The van der Waals surface area contributed by atoms with E-state index in [1.807, 2.05) is 6.07 Å². The van der Waals surface area contributed by atoms with Gasteiger partial charge in [0, 0.05) is 17.1 Å². The first-order chi connectivity index (χ1) is 10.2. The molecule has 0 bridgehead atoms. The lowest BCUT2D eigenvalue weighted by atomic mass is 9.97. The van der Waals surface area contributed by atoms with Crippen molar-refractivity contribution in [3.63, 3.8) is 0 Å². The van der Waals surface area contributed by atoms with Gasteiger partial charge < -0.3 is 0 Å². The molecule has 0 N–H and O–H groups in total. The van der Waals surface area contributed by atoms with Gasteiger partial charge in [-0.15, -0.1) is 11.3 Å². The normalized spacial score (nSPS) is 12.0. The summed E-state index contributed by atoms with van der Waals surface area (Å²) in [6.45, 7) is 0. The molecule has 3 aromatic rings. The Morgan fingerprint density at radius 2 is 2.19 bits per heavy atom. The molecule has 1 aromatic carbocycles. The molecule has 0 aliphatic rings. The molecule has 1 atom stereocenters. The summed E-state index contributed by atoms with van der Waals surface area (Å²) < 4.78 is 13.9. The molecule has 21 heavy (non-hydrogen) atoms. The van der Waals surface area contributed by atoms with Crippen LogP contribution in [0, 0.1) is 17.1 Å². The molecule has 0 saturated heterocycles. The minimum Gasteiger partial charge on any atom is -0.291 e. The first-order valence-electron chi connectivity index (χ1n) is 6.22. The largest absolute Gasteiger partial charge is 0.291 e. The summed E-state index contributed by atoms with van der Waals surface area (Å²) in [7, 11) is 0. The van der Waals surface area contributed by atoms with E-state index in [1.165, 1.54) is 29.7 Å². The highest BCUT2D eigenvalue weighted by Crippen LogP contribution is 2.30. The molecule has 1 unspecified atom stereocenters. The molecular formula is C16H9FN2OS. The number of rotatable bonds is 3. The van der Waals surface area contributed by atoms with E-state index in [2.05, 4.69) is 4.98 Å². The Morgan fingerprint density at radius 1 is 1.33 bits per heavy atom. The van der Waals surface area contributed by atoms with Crippen LogP contribution in [0.25, 0.3) is 10.1 Å². The number of nitrogens with zero attached hydrogens (tertiary/aromatic N) is 2. The van der Waals surface area contributed by atoms with Gasteiger partial charge in [-0.1, -0.05) is 12.1 Å². The van der Waals surface area contributed by atoms with Gasteiger partial charge in [0.15, 0.2) is 5.78 Å². The molecule has 0 saturated carbocycles. The second kappa shape index (κ2) is 5.43. The second-order valence-corrected chi connectivity index (χ2v) is 5.59. The fourth-order valence-corrected chi connectivity index (χ4v) is 3.16. The Balaban J connectivity index is 2.01. The van der Waals surface area contributed by atoms with Crippen molar-refractivity contribution < 1.29 is 9.18 Å². The van der Waals surface area contributed by atoms with E-state index in [1.54, 1.807) is 30.5 Å². The number of carbonyl (C=O) groups is 1. The van der Waals surface area contributed by atoms with Gasteiger partial charge in [0.05, 0.1) is 10.9 Å². The molecule has 102 valence electrons. The summed E-state index contributed by atoms with van der Waals surface area (Å²) in [5, 5.41) is 10.1. The van der Waals surface area contributed by atoms with Crippen LogP contribution in [-0.4, -0.2) is 10.8 Å². The lowest BCUT2D eigenvalue weighted by Gasteiger charge is -2.05. The molecule has 0 amide bonds. The number of hydrogen-bond donors (Lipinski definition) is 0. The third-order valence-electron chi connectivity index (χ3n) is 3.13. The summed E-state index contributed by atoms with van der Waals surface area (Å²) in [6.07, 6.45) is 3.10. The van der Waals surface area contributed by atoms with E-state index >= 15 is 0 Å². The van der Waals surface area contributed by atoms with Crippen molar-refractivity contribution in [2.75, 3.05) is 0 Å². The van der Waals surface area contributed by atoms with Crippen LogP contribution in [0.2, 0.25) is 0 Å². The number of aromatic nitrogens is 1. The van der Waals surface area contributed by atoms with Crippen molar-refractivity contribution in [1.29, 1.82) is 5.26 Å². The number of thiophene rings is 1. The molecular weight excluding hydrogens is 287 g/mol. The summed E-state index contributed by atoms with van der Waals surface area (Å²) in [5.41, 5.74) is 0.564. The maximum atomic E-state index is 13.2. The average molecular weight is 296 g/mol. The molecule has 0 aliphatic heterocycles. The van der Waals surface area contributed by atoms with Crippen molar-refractivity contribution in [2.45, 2.75) is 5.92 Å². The molecule has 0 aliphatic carbocycles. The van der Waals surface area contributed by atoms with Crippen LogP contribution >= 0.6 is 11.3 Å². The predicted molar refractivity (Wildman–Crippen MR) is 78.7 cm³/mol. The van der Waals surface area contributed by atoms with Crippen molar-refractivity contribution in [2.24, 2.45) is 0 Å². The number of fused-ring (bicyclic) bond motifs is 1. The fraction of sp³-hybridized carbons (Fsp3) is 0.0625. The summed E-state index contributed by atoms with van der Waals surface area (Å²) in [4.78, 5) is 16.9. The number of hydrogen-bond acceptors (Lipinski definition) is 4. The third kappa shape index (κ3) is 2.54. The Morgan fingerprint density at radius 3 is 2.90 bits per heavy atom. The number of Topliss-reactive ketones (excluding diaryl/α,β-unsaturated/α-hetero) is 1.